The van der Waals surface area contributed by atoms with Gasteiger partial charge < -0.3 is 9.25 Å². The second-order valence-corrected chi connectivity index (χ2v) is 3.41. The van der Waals surface area contributed by atoms with Crippen LogP contribution in [0.4, 0.5) is 0 Å². The van der Waals surface area contributed by atoms with Crippen molar-refractivity contribution in [2.75, 3.05) is 7.11 Å². The summed E-state index contributed by atoms with van der Waals surface area (Å²) in [6.45, 7) is 0. The summed E-state index contributed by atoms with van der Waals surface area (Å²) in [7, 11) is 1.63. The lowest BCUT2D eigenvalue weighted by Gasteiger charge is -1.99. The van der Waals surface area contributed by atoms with Gasteiger partial charge >= 0.3 is 0 Å². The zero-order chi connectivity index (χ0) is 11.0. The second-order valence-electron chi connectivity index (χ2n) is 3.41. The minimum Gasteiger partial charge on any atom is -0.444 e. The smallest absolute Gasteiger partial charge is 0.228 e. The first kappa shape index (κ1) is 9.03. The van der Waals surface area contributed by atoms with E-state index in [9.17, 15) is 0 Å². The van der Waals surface area contributed by atoms with E-state index in [0.717, 1.165) is 16.5 Å². The fourth-order valence-corrected chi connectivity index (χ4v) is 1.83. The van der Waals surface area contributed by atoms with E-state index >= 15 is 0 Å². The predicted molar refractivity (Wildman–Crippen MR) is 59.9 cm³/mol. The van der Waals surface area contributed by atoms with E-state index in [2.05, 4.69) is 4.98 Å². The molecular weight excluding hydrogens is 204 g/mol. The van der Waals surface area contributed by atoms with Crippen LogP contribution in [0, 0.1) is 0 Å². The molecule has 0 unspecified atom stereocenters. The third-order valence-electron chi connectivity index (χ3n) is 2.54. The van der Waals surface area contributed by atoms with Gasteiger partial charge in [0.15, 0.2) is 0 Å². The van der Waals surface area contributed by atoms with Gasteiger partial charge in [-0.25, -0.2) is 4.98 Å². The Kier molecular flexibility index (Phi) is 1.93. The monoisotopic (exact) mass is 214 g/mol. The number of aromatic nitrogens is 2. The van der Waals surface area contributed by atoms with Crippen LogP contribution >= 0.6 is 0 Å². The van der Waals surface area contributed by atoms with Gasteiger partial charge in [0.1, 0.15) is 13.4 Å². The molecule has 0 spiro atoms. The highest BCUT2D eigenvalue weighted by atomic mass is 16.6. The van der Waals surface area contributed by atoms with Gasteiger partial charge in [-0.1, -0.05) is 18.2 Å². The van der Waals surface area contributed by atoms with Gasteiger partial charge in [0.2, 0.25) is 5.89 Å². The topological polar surface area (TPSA) is 40.2 Å². The highest BCUT2D eigenvalue weighted by Crippen LogP contribution is 2.28. The number of hydrogen-bond donors (Lipinski definition) is 0. The van der Waals surface area contributed by atoms with Gasteiger partial charge in [0.05, 0.1) is 23.5 Å². The van der Waals surface area contributed by atoms with Gasteiger partial charge in [-0.15, -0.1) is 0 Å². The van der Waals surface area contributed by atoms with Crippen LogP contribution in [0.3, 0.4) is 0 Å². The van der Waals surface area contributed by atoms with Crippen LogP contribution < -0.4 is 4.84 Å². The average Bonchev–Trinajstić information content (AvgIpc) is 2.95. The maximum atomic E-state index is 5.31. The molecule has 2 aromatic heterocycles. The minimum absolute atomic E-state index is 0.604. The molecule has 0 aliphatic carbocycles. The molecule has 0 amide bonds. The minimum atomic E-state index is 0.604. The summed E-state index contributed by atoms with van der Waals surface area (Å²) in [5, 5.41) is 1.06. The molecular formula is C12H10N2O2. The quantitative estimate of drug-likeness (QED) is 0.657. The van der Waals surface area contributed by atoms with E-state index in [1.165, 1.54) is 0 Å². The van der Waals surface area contributed by atoms with Crippen molar-refractivity contribution in [2.24, 2.45) is 0 Å². The highest BCUT2D eigenvalue weighted by molar-refractivity contribution is 5.93. The van der Waals surface area contributed by atoms with Crippen LogP contribution in [-0.2, 0) is 0 Å². The molecule has 0 fully saturated rings. The van der Waals surface area contributed by atoms with Gasteiger partial charge in [0.25, 0.3) is 0 Å². The Bertz CT molecular complexity index is 611. The molecule has 4 heteroatoms. The van der Waals surface area contributed by atoms with E-state index in [1.54, 1.807) is 24.3 Å². The molecule has 3 aromatic rings. The van der Waals surface area contributed by atoms with Gasteiger partial charge in [-0.2, -0.15) is 4.73 Å². The summed E-state index contributed by atoms with van der Waals surface area (Å²) < 4.78 is 7.01. The molecule has 2 heterocycles. The summed E-state index contributed by atoms with van der Waals surface area (Å²) in [4.78, 5) is 9.40. The zero-order valence-corrected chi connectivity index (χ0v) is 8.75. The molecule has 0 saturated carbocycles. The normalized spacial score (nSPS) is 10.8. The highest BCUT2D eigenvalue weighted by Gasteiger charge is 2.12. The van der Waals surface area contributed by atoms with Gasteiger partial charge in [-0.3, -0.25) is 0 Å². The third-order valence-corrected chi connectivity index (χ3v) is 2.54. The van der Waals surface area contributed by atoms with E-state index in [4.69, 9.17) is 9.25 Å². The predicted octanol–water partition coefficient (Wildman–Crippen LogP) is 2.35. The Morgan fingerprint density at radius 2 is 2.19 bits per heavy atom. The first-order valence-corrected chi connectivity index (χ1v) is 4.94. The molecule has 0 N–H and O–H groups in total. The van der Waals surface area contributed by atoms with Crippen molar-refractivity contribution in [3.8, 4) is 11.5 Å². The Morgan fingerprint density at radius 1 is 1.31 bits per heavy atom. The molecule has 16 heavy (non-hydrogen) atoms. The van der Waals surface area contributed by atoms with Crippen molar-refractivity contribution < 1.29 is 9.25 Å². The maximum absolute atomic E-state index is 5.31. The fraction of sp³-hybridized carbons (Fsp3) is 0.0833. The van der Waals surface area contributed by atoms with Crippen molar-refractivity contribution >= 4 is 10.9 Å². The fourth-order valence-electron chi connectivity index (χ4n) is 1.83. The molecule has 0 saturated heterocycles. The van der Waals surface area contributed by atoms with Crippen molar-refractivity contribution in [3.63, 3.8) is 0 Å². The number of benzene rings is 1. The summed E-state index contributed by atoms with van der Waals surface area (Å²) in [6.07, 6.45) is 5.07. The molecule has 0 aliphatic heterocycles. The SMILES string of the molecule is COn1cc(-c2ncco2)c2ccccc21. The van der Waals surface area contributed by atoms with Crippen LogP contribution in [0.5, 0.6) is 0 Å². The number of fused-ring (bicyclic) bond motifs is 1. The number of para-hydroxylation sites is 1. The van der Waals surface area contributed by atoms with Crippen molar-refractivity contribution in [1.82, 2.24) is 9.71 Å². The molecule has 4 nitrogen and oxygen atoms in total. The van der Waals surface area contributed by atoms with E-state index < -0.39 is 0 Å². The van der Waals surface area contributed by atoms with Crippen LogP contribution in [0.15, 0.2) is 47.3 Å². The first-order valence-electron chi connectivity index (χ1n) is 4.94. The molecule has 1 aromatic carbocycles. The van der Waals surface area contributed by atoms with E-state index in [1.807, 2.05) is 30.5 Å². The lowest BCUT2D eigenvalue weighted by molar-refractivity contribution is 0.179. The lowest BCUT2D eigenvalue weighted by Crippen LogP contribution is -2.02. The molecule has 0 atom stereocenters. The Hall–Kier alpha value is -2.23. The summed E-state index contributed by atoms with van der Waals surface area (Å²) in [5.41, 5.74) is 1.93. The van der Waals surface area contributed by atoms with Crippen molar-refractivity contribution in [2.45, 2.75) is 0 Å². The van der Waals surface area contributed by atoms with Gasteiger partial charge in [0, 0.05) is 5.39 Å². The number of nitrogens with zero attached hydrogens (tertiary/aromatic N) is 2. The second kappa shape index (κ2) is 3.41. The van der Waals surface area contributed by atoms with Crippen LogP contribution in [-0.4, -0.2) is 16.8 Å². The van der Waals surface area contributed by atoms with Crippen molar-refractivity contribution in [3.05, 3.63) is 42.9 Å². The Balaban J connectivity index is 2.33. The third kappa shape index (κ3) is 1.20. The number of rotatable bonds is 2. The molecule has 0 aliphatic rings. The van der Waals surface area contributed by atoms with Gasteiger partial charge in [-0.05, 0) is 6.07 Å². The van der Waals surface area contributed by atoms with E-state index in [-0.39, 0.29) is 0 Å². The number of hydrogen-bond acceptors (Lipinski definition) is 3. The summed E-state index contributed by atoms with van der Waals surface area (Å²) >= 11 is 0. The molecule has 0 radical (unpaired) electrons. The number of oxazole rings is 1. The first-order chi connectivity index (χ1) is 7.90. The maximum Gasteiger partial charge on any atom is 0.228 e. The zero-order valence-electron chi connectivity index (χ0n) is 8.75. The van der Waals surface area contributed by atoms with Crippen LogP contribution in [0.1, 0.15) is 0 Å². The van der Waals surface area contributed by atoms with Crippen molar-refractivity contribution in [1.29, 1.82) is 0 Å². The standard InChI is InChI=1S/C12H10N2O2/c1-15-14-8-10(12-13-6-7-16-12)9-4-2-3-5-11(9)14/h2-8H,1H3. The van der Waals surface area contributed by atoms with Crippen LogP contribution in [0.25, 0.3) is 22.4 Å². The lowest BCUT2D eigenvalue weighted by atomic mass is 10.2. The van der Waals surface area contributed by atoms with E-state index in [0.29, 0.717) is 5.89 Å². The Labute approximate surface area is 92.0 Å². The molecule has 0 bridgehead atoms. The molecule has 3 rings (SSSR count). The average molecular weight is 214 g/mol. The largest absolute Gasteiger partial charge is 0.444 e. The van der Waals surface area contributed by atoms with Crippen LogP contribution in [0.2, 0.25) is 0 Å². The Morgan fingerprint density at radius 3 is 2.94 bits per heavy atom. The summed E-state index contributed by atoms with van der Waals surface area (Å²) in [5.74, 6) is 0.604. The summed E-state index contributed by atoms with van der Waals surface area (Å²) in [6, 6.07) is 7.96. The molecule has 80 valence electrons.